The van der Waals surface area contributed by atoms with Gasteiger partial charge in [-0.2, -0.15) is 10.1 Å². The fourth-order valence-corrected chi connectivity index (χ4v) is 4.71. The lowest BCUT2D eigenvalue weighted by atomic mass is 9.84. The normalized spacial score (nSPS) is 22.0. The van der Waals surface area contributed by atoms with Crippen LogP contribution in [-0.4, -0.2) is 52.7 Å². The molecule has 2 unspecified atom stereocenters. The summed E-state index contributed by atoms with van der Waals surface area (Å²) in [4.78, 5) is 13.1. The highest BCUT2D eigenvalue weighted by Gasteiger charge is 2.43. The van der Waals surface area contributed by atoms with E-state index in [-0.39, 0.29) is 11.9 Å². The molecule has 2 fully saturated rings. The Bertz CT molecular complexity index is 1510. The smallest absolute Gasteiger partial charge is 0.210 e. The molecule has 12 heteroatoms. The summed E-state index contributed by atoms with van der Waals surface area (Å²) in [5.74, 6) is 1.48. The molecule has 0 amide bonds. The van der Waals surface area contributed by atoms with Crippen LogP contribution in [0.5, 0.6) is 11.5 Å². The maximum Gasteiger partial charge on any atom is 0.210 e. The van der Waals surface area contributed by atoms with E-state index < -0.39 is 5.60 Å². The van der Waals surface area contributed by atoms with Crippen LogP contribution >= 0.6 is 11.6 Å². The fraction of sp³-hybridized carbons (Fsp3) is 0.348. The first kappa shape index (κ1) is 21.8. The number of halogens is 1. The molecule has 180 valence electrons. The van der Waals surface area contributed by atoms with E-state index in [0.29, 0.717) is 45.2 Å². The quantitative estimate of drug-likeness (QED) is 0.290. The van der Waals surface area contributed by atoms with E-state index in [0.717, 1.165) is 18.5 Å². The van der Waals surface area contributed by atoms with Crippen molar-refractivity contribution >= 4 is 40.1 Å². The third-order valence-electron chi connectivity index (χ3n) is 6.50. The van der Waals surface area contributed by atoms with E-state index in [1.165, 1.54) is 6.20 Å². The maximum absolute atomic E-state index is 8.52. The van der Waals surface area contributed by atoms with Gasteiger partial charge in [0.1, 0.15) is 27.5 Å². The Morgan fingerprint density at radius 2 is 2.17 bits per heavy atom. The van der Waals surface area contributed by atoms with Crippen LogP contribution in [0.2, 0.25) is 5.02 Å². The van der Waals surface area contributed by atoms with E-state index in [1.807, 2.05) is 13.8 Å². The second kappa shape index (κ2) is 7.92. The highest BCUT2D eigenvalue weighted by atomic mass is 35.5. The second-order valence-corrected chi connectivity index (χ2v) is 9.59. The molecule has 4 aromatic heterocycles. The van der Waals surface area contributed by atoms with Gasteiger partial charge in [0.2, 0.25) is 5.95 Å². The van der Waals surface area contributed by atoms with Crippen LogP contribution in [0.25, 0.3) is 16.7 Å². The number of anilines is 1. The van der Waals surface area contributed by atoms with Gasteiger partial charge in [0.15, 0.2) is 17.1 Å². The number of fused-ring (bicyclic) bond motifs is 3. The molecular formula is C23H24ClN9O2. The van der Waals surface area contributed by atoms with Crippen LogP contribution < -0.4 is 15.4 Å². The molecule has 2 aliphatic rings. The van der Waals surface area contributed by atoms with Crippen molar-refractivity contribution in [2.45, 2.75) is 44.4 Å². The molecule has 6 rings (SSSR count). The van der Waals surface area contributed by atoms with Crippen molar-refractivity contribution in [1.82, 2.24) is 34.4 Å². The summed E-state index contributed by atoms with van der Waals surface area (Å²) in [6, 6.07) is 0.309. The summed E-state index contributed by atoms with van der Waals surface area (Å²) in [5, 5.41) is 19.7. The van der Waals surface area contributed by atoms with Gasteiger partial charge in [-0.15, -0.1) is 0 Å². The highest BCUT2D eigenvalue weighted by molar-refractivity contribution is 6.36. The van der Waals surface area contributed by atoms with Gasteiger partial charge in [-0.1, -0.05) is 11.6 Å². The minimum absolute atomic E-state index is 0.173. The van der Waals surface area contributed by atoms with Crippen molar-refractivity contribution in [3.63, 3.8) is 0 Å². The minimum Gasteiger partial charge on any atom is -0.450 e. The molecule has 4 aromatic rings. The first-order valence-corrected chi connectivity index (χ1v) is 11.7. The molecule has 3 N–H and O–H groups in total. The first-order valence-electron chi connectivity index (χ1n) is 11.3. The number of hydrogen-bond donors (Lipinski definition) is 3. The zero-order valence-corrected chi connectivity index (χ0v) is 20.2. The minimum atomic E-state index is -0.493. The number of nitrogens with zero attached hydrogens (tertiary/aromatic N) is 6. The zero-order valence-electron chi connectivity index (χ0n) is 19.4. The summed E-state index contributed by atoms with van der Waals surface area (Å²) in [7, 11) is 1.81. The predicted molar refractivity (Wildman–Crippen MR) is 131 cm³/mol. The number of aromatic nitrogens is 6. The number of hydrogen-bond acceptors (Lipinski definition) is 8. The molecule has 0 radical (unpaired) electrons. The van der Waals surface area contributed by atoms with Gasteiger partial charge in [-0.05, 0) is 26.7 Å². The lowest BCUT2D eigenvalue weighted by molar-refractivity contribution is -0.128. The van der Waals surface area contributed by atoms with Crippen LogP contribution in [0.1, 0.15) is 26.7 Å². The number of ether oxygens (including phenoxy) is 2. The van der Waals surface area contributed by atoms with Crippen molar-refractivity contribution in [1.29, 1.82) is 5.41 Å². The zero-order chi connectivity index (χ0) is 24.3. The average Bonchev–Trinajstić information content (AvgIpc) is 3.36. The number of pyridine rings is 1. The largest absolute Gasteiger partial charge is 0.450 e. The van der Waals surface area contributed by atoms with Crippen LogP contribution in [0, 0.1) is 5.41 Å². The number of amidine groups is 1. The molecule has 1 aliphatic heterocycles. The molecule has 11 nitrogen and oxygen atoms in total. The van der Waals surface area contributed by atoms with E-state index in [1.54, 1.807) is 47.0 Å². The summed E-state index contributed by atoms with van der Waals surface area (Å²) in [6.45, 7) is 4.02. The van der Waals surface area contributed by atoms with Gasteiger partial charge in [0.25, 0.3) is 0 Å². The van der Waals surface area contributed by atoms with Gasteiger partial charge in [-0.25, -0.2) is 9.50 Å². The lowest BCUT2D eigenvalue weighted by Gasteiger charge is -2.49. The van der Waals surface area contributed by atoms with Gasteiger partial charge < -0.3 is 24.7 Å². The first-order chi connectivity index (χ1) is 16.8. The molecule has 1 saturated heterocycles. The highest BCUT2D eigenvalue weighted by Crippen LogP contribution is 2.38. The molecule has 5 heterocycles. The maximum atomic E-state index is 8.52. The van der Waals surface area contributed by atoms with Crippen LogP contribution in [0.4, 0.5) is 5.95 Å². The molecule has 1 aliphatic carbocycles. The van der Waals surface area contributed by atoms with Crippen LogP contribution in [0.3, 0.4) is 0 Å². The molecule has 1 saturated carbocycles. The van der Waals surface area contributed by atoms with E-state index >= 15 is 0 Å². The SMILES string of the molecule is Cn1c(NC(=N)/C=C2\NC3CCC3OC2(C)C)nc2ncc(Oc3cnn4ccncc34)c(Cl)c21. The molecular weight excluding hydrogens is 470 g/mol. The second-order valence-electron chi connectivity index (χ2n) is 9.21. The van der Waals surface area contributed by atoms with Crippen molar-refractivity contribution in [2.75, 3.05) is 5.32 Å². The van der Waals surface area contributed by atoms with Crippen molar-refractivity contribution in [2.24, 2.45) is 7.05 Å². The van der Waals surface area contributed by atoms with Crippen molar-refractivity contribution < 1.29 is 9.47 Å². The van der Waals surface area contributed by atoms with E-state index in [2.05, 4.69) is 30.7 Å². The summed E-state index contributed by atoms with van der Waals surface area (Å²) in [6.07, 6.45) is 12.3. The monoisotopic (exact) mass is 493 g/mol. The number of imidazole rings is 1. The van der Waals surface area contributed by atoms with Crippen LogP contribution in [0.15, 0.2) is 42.8 Å². The Morgan fingerprint density at radius 1 is 1.31 bits per heavy atom. The van der Waals surface area contributed by atoms with Crippen molar-refractivity contribution in [3.05, 3.63) is 47.8 Å². The van der Waals surface area contributed by atoms with E-state index in [9.17, 15) is 0 Å². The Labute approximate surface area is 205 Å². The standard InChI is InChI=1S/C23H24ClN9O2/c1-23(2)17(29-12-4-5-14(12)35-23)8-18(25)30-22-31-21-20(32(22)3)19(24)16(10-27-21)34-15-11-28-33-7-6-26-9-13(15)33/h6-12,14,29H,4-5H2,1-3H3,(H2,25,27,30,31)/b17-8-. The summed E-state index contributed by atoms with van der Waals surface area (Å²) >= 11 is 6.71. The lowest BCUT2D eigenvalue weighted by Crippen LogP contribution is -2.60. The average molecular weight is 494 g/mol. The summed E-state index contributed by atoms with van der Waals surface area (Å²) < 4.78 is 15.6. The fourth-order valence-electron chi connectivity index (χ4n) is 4.41. The number of morpholine rings is 1. The van der Waals surface area contributed by atoms with Gasteiger partial charge in [-0.3, -0.25) is 10.4 Å². The summed E-state index contributed by atoms with van der Waals surface area (Å²) in [5.41, 5.74) is 2.09. The van der Waals surface area contributed by atoms with Gasteiger partial charge in [0, 0.05) is 31.2 Å². The number of nitrogens with one attached hydrogen (secondary N) is 3. The van der Waals surface area contributed by atoms with Crippen LogP contribution in [-0.2, 0) is 11.8 Å². The topological polar surface area (TPSA) is 127 Å². The Balaban J connectivity index is 1.27. The Morgan fingerprint density at radius 3 is 2.97 bits per heavy atom. The molecule has 0 spiro atoms. The third-order valence-corrected chi connectivity index (χ3v) is 6.86. The Kier molecular flexibility index (Phi) is 4.94. The van der Waals surface area contributed by atoms with Gasteiger partial charge >= 0.3 is 0 Å². The molecule has 0 aromatic carbocycles. The third kappa shape index (κ3) is 3.67. The predicted octanol–water partition coefficient (Wildman–Crippen LogP) is 3.66. The number of rotatable bonds is 4. The van der Waals surface area contributed by atoms with E-state index in [4.69, 9.17) is 26.5 Å². The molecule has 35 heavy (non-hydrogen) atoms. The Hall–Kier alpha value is -3.70. The molecule has 2 atom stereocenters. The number of aryl methyl sites for hydroxylation is 1. The van der Waals surface area contributed by atoms with Crippen molar-refractivity contribution in [3.8, 4) is 11.5 Å². The van der Waals surface area contributed by atoms with Gasteiger partial charge in [0.05, 0.1) is 30.7 Å². The molecule has 0 bridgehead atoms.